The zero-order valence-corrected chi connectivity index (χ0v) is 11.6. The molecule has 1 aliphatic carbocycles. The maximum Gasteiger partial charge on any atom is 0.163 e. The Hall–Kier alpha value is -2.08. The van der Waals surface area contributed by atoms with Crippen LogP contribution in [0, 0.1) is 17.2 Å². The van der Waals surface area contributed by atoms with Crippen LogP contribution in [-0.4, -0.2) is 24.8 Å². The molecule has 0 unspecified atom stereocenters. The Bertz CT molecular complexity index is 549. The van der Waals surface area contributed by atoms with Gasteiger partial charge in [-0.25, -0.2) is 0 Å². The summed E-state index contributed by atoms with van der Waals surface area (Å²) in [5.41, 5.74) is 2.64. The minimum Gasteiger partial charge on any atom is -0.383 e. The van der Waals surface area contributed by atoms with Crippen LogP contribution in [0.1, 0.15) is 30.4 Å². The highest BCUT2D eigenvalue weighted by molar-refractivity contribution is 6.00. The number of hydrogen-bond donors (Lipinski definition) is 0. The third-order valence-electron chi connectivity index (χ3n) is 3.54. The van der Waals surface area contributed by atoms with E-state index in [0.717, 1.165) is 17.6 Å². The molecule has 0 bridgehead atoms. The normalized spacial score (nSPS) is 24.5. The second-order valence-corrected chi connectivity index (χ2v) is 5.34. The zero-order valence-electron chi connectivity index (χ0n) is 11.6. The molecule has 1 aromatic rings. The molecule has 2 atom stereocenters. The van der Waals surface area contributed by atoms with Crippen LogP contribution in [0.3, 0.4) is 0 Å². The van der Waals surface area contributed by atoms with E-state index in [0.29, 0.717) is 5.56 Å². The molecule has 98 valence electrons. The fourth-order valence-corrected chi connectivity index (χ4v) is 2.58. The minimum absolute atomic E-state index is 0.0758. The van der Waals surface area contributed by atoms with Crippen molar-refractivity contribution in [1.82, 2.24) is 4.90 Å². The number of ketones is 1. The molecule has 3 heteroatoms. The Kier molecular flexibility index (Phi) is 3.71. The van der Waals surface area contributed by atoms with E-state index < -0.39 is 0 Å². The maximum absolute atomic E-state index is 12.2. The van der Waals surface area contributed by atoms with E-state index in [1.165, 1.54) is 0 Å². The van der Waals surface area contributed by atoms with Gasteiger partial charge in [-0.05, 0) is 24.1 Å². The molecule has 1 saturated carbocycles. The second-order valence-electron chi connectivity index (χ2n) is 5.34. The van der Waals surface area contributed by atoms with E-state index in [2.05, 4.69) is 6.07 Å². The quantitative estimate of drug-likeness (QED) is 0.762. The number of benzene rings is 1. The standard InChI is InChI=1S/C16H18N2O/c1-11-8-14(15(16(11)19)10-18(2)3)13-6-4-12(9-17)5-7-13/h4-7,10-11,14H,8H2,1-3H3/b15-10-/t11-,14-/m1/s1. The van der Waals surface area contributed by atoms with Crippen LogP contribution in [0.5, 0.6) is 0 Å². The van der Waals surface area contributed by atoms with Gasteiger partial charge in [0.15, 0.2) is 5.78 Å². The van der Waals surface area contributed by atoms with Crippen LogP contribution in [0.4, 0.5) is 0 Å². The lowest BCUT2D eigenvalue weighted by molar-refractivity contribution is -0.117. The molecule has 0 N–H and O–H groups in total. The molecule has 1 fully saturated rings. The van der Waals surface area contributed by atoms with Gasteiger partial charge in [-0.1, -0.05) is 19.1 Å². The van der Waals surface area contributed by atoms with Crippen molar-refractivity contribution in [3.8, 4) is 6.07 Å². The van der Waals surface area contributed by atoms with Gasteiger partial charge in [0.2, 0.25) is 0 Å². The van der Waals surface area contributed by atoms with E-state index in [1.54, 1.807) is 0 Å². The van der Waals surface area contributed by atoms with Crippen molar-refractivity contribution in [3.63, 3.8) is 0 Å². The van der Waals surface area contributed by atoms with E-state index in [9.17, 15) is 4.79 Å². The second kappa shape index (κ2) is 5.27. The monoisotopic (exact) mass is 254 g/mol. The molecule has 19 heavy (non-hydrogen) atoms. The van der Waals surface area contributed by atoms with Gasteiger partial charge < -0.3 is 4.90 Å². The lowest BCUT2D eigenvalue weighted by Gasteiger charge is -2.14. The Labute approximate surface area is 114 Å². The number of hydrogen-bond acceptors (Lipinski definition) is 3. The molecule has 0 aromatic heterocycles. The predicted octanol–water partition coefficient (Wildman–Crippen LogP) is 2.70. The largest absolute Gasteiger partial charge is 0.383 e. The highest BCUT2D eigenvalue weighted by Gasteiger charge is 2.35. The van der Waals surface area contributed by atoms with Gasteiger partial charge in [0.1, 0.15) is 0 Å². The van der Waals surface area contributed by atoms with Crippen molar-refractivity contribution in [3.05, 3.63) is 47.2 Å². The lowest BCUT2D eigenvalue weighted by Crippen LogP contribution is -2.10. The average Bonchev–Trinajstić information content (AvgIpc) is 2.67. The maximum atomic E-state index is 12.2. The van der Waals surface area contributed by atoms with Crippen LogP contribution >= 0.6 is 0 Å². The fourth-order valence-electron chi connectivity index (χ4n) is 2.58. The molecular weight excluding hydrogens is 236 g/mol. The molecule has 0 heterocycles. The summed E-state index contributed by atoms with van der Waals surface area (Å²) < 4.78 is 0. The number of carbonyl (C=O) groups is 1. The van der Waals surface area contributed by atoms with Crippen LogP contribution in [0.2, 0.25) is 0 Å². The smallest absolute Gasteiger partial charge is 0.163 e. The molecule has 0 saturated heterocycles. The van der Waals surface area contributed by atoms with Crippen molar-refractivity contribution in [2.24, 2.45) is 5.92 Å². The summed E-state index contributed by atoms with van der Waals surface area (Å²) in [7, 11) is 3.86. The Morgan fingerprint density at radius 2 is 1.95 bits per heavy atom. The first-order valence-electron chi connectivity index (χ1n) is 6.45. The first-order chi connectivity index (χ1) is 9.02. The fraction of sp³-hybridized carbons (Fsp3) is 0.375. The van der Waals surface area contributed by atoms with E-state index in [1.807, 2.05) is 56.4 Å². The number of nitriles is 1. The molecule has 1 aromatic carbocycles. The molecule has 1 aliphatic rings. The number of allylic oxidation sites excluding steroid dienone is 1. The van der Waals surface area contributed by atoms with Crippen LogP contribution in [0.15, 0.2) is 36.0 Å². The molecule has 0 aliphatic heterocycles. The van der Waals surface area contributed by atoms with Crippen molar-refractivity contribution >= 4 is 5.78 Å². The number of rotatable bonds is 2. The van der Waals surface area contributed by atoms with E-state index in [4.69, 9.17) is 5.26 Å². The Morgan fingerprint density at radius 1 is 1.32 bits per heavy atom. The highest BCUT2D eigenvalue weighted by Crippen LogP contribution is 2.40. The average molecular weight is 254 g/mol. The summed E-state index contributed by atoms with van der Waals surface area (Å²) >= 11 is 0. The highest BCUT2D eigenvalue weighted by atomic mass is 16.1. The predicted molar refractivity (Wildman–Crippen MR) is 74.5 cm³/mol. The summed E-state index contributed by atoms with van der Waals surface area (Å²) in [6.45, 7) is 1.98. The van der Waals surface area contributed by atoms with Crippen LogP contribution in [0.25, 0.3) is 0 Å². The topological polar surface area (TPSA) is 44.1 Å². The first kappa shape index (κ1) is 13.4. The van der Waals surface area contributed by atoms with Gasteiger partial charge in [0.25, 0.3) is 0 Å². The van der Waals surface area contributed by atoms with Crippen molar-refractivity contribution in [2.75, 3.05) is 14.1 Å². The molecule has 3 nitrogen and oxygen atoms in total. The van der Waals surface area contributed by atoms with Crippen molar-refractivity contribution < 1.29 is 4.79 Å². The molecule has 2 rings (SSSR count). The third-order valence-corrected chi connectivity index (χ3v) is 3.54. The lowest BCUT2D eigenvalue weighted by atomic mass is 9.93. The summed E-state index contributed by atoms with van der Waals surface area (Å²) in [5, 5.41) is 8.83. The van der Waals surface area contributed by atoms with Gasteiger partial charge in [0.05, 0.1) is 11.6 Å². The van der Waals surface area contributed by atoms with Gasteiger partial charge in [-0.2, -0.15) is 5.26 Å². The third kappa shape index (κ3) is 2.68. The summed E-state index contributed by atoms with van der Waals surface area (Å²) in [5.74, 6) is 0.465. The molecule has 0 radical (unpaired) electrons. The summed E-state index contributed by atoms with van der Waals surface area (Å²) in [4.78, 5) is 14.1. The number of Topliss-reactive ketones (excluding diaryl/α,β-unsaturated/α-hetero) is 1. The van der Waals surface area contributed by atoms with Crippen molar-refractivity contribution in [2.45, 2.75) is 19.3 Å². The van der Waals surface area contributed by atoms with Gasteiger partial charge in [-0.3, -0.25) is 4.79 Å². The summed E-state index contributed by atoms with van der Waals surface area (Å²) in [6, 6.07) is 9.66. The van der Waals surface area contributed by atoms with Gasteiger partial charge in [0, 0.05) is 37.7 Å². The molecular formula is C16H18N2O. The van der Waals surface area contributed by atoms with E-state index >= 15 is 0 Å². The van der Waals surface area contributed by atoms with Gasteiger partial charge in [-0.15, -0.1) is 0 Å². The Morgan fingerprint density at radius 3 is 2.47 bits per heavy atom. The SMILES string of the molecule is C[C@@H]1C[C@H](c2ccc(C#N)cc2)/C(=C/N(C)C)C1=O. The van der Waals surface area contributed by atoms with Crippen LogP contribution < -0.4 is 0 Å². The first-order valence-corrected chi connectivity index (χ1v) is 6.45. The van der Waals surface area contributed by atoms with Gasteiger partial charge >= 0.3 is 0 Å². The van der Waals surface area contributed by atoms with Crippen LogP contribution in [-0.2, 0) is 4.79 Å². The molecule has 0 amide bonds. The summed E-state index contributed by atoms with van der Waals surface area (Å²) in [6.07, 6.45) is 2.78. The number of carbonyl (C=O) groups excluding carboxylic acids is 1. The van der Waals surface area contributed by atoms with Crippen molar-refractivity contribution in [1.29, 1.82) is 5.26 Å². The zero-order chi connectivity index (χ0) is 14.0. The van der Waals surface area contributed by atoms with E-state index in [-0.39, 0.29) is 17.6 Å². The Balaban J connectivity index is 2.36. The molecule has 0 spiro atoms. The number of nitrogens with zero attached hydrogens (tertiary/aromatic N) is 2. The minimum atomic E-state index is 0.0758.